The minimum atomic E-state index is 1.09. The Balaban J connectivity index is 1.45. The molecule has 0 unspecified atom stereocenters. The summed E-state index contributed by atoms with van der Waals surface area (Å²) in [4.78, 5) is 4.91. The first-order valence-electron chi connectivity index (χ1n) is 11.5. The topological polar surface area (TPSA) is 12.9 Å². The van der Waals surface area contributed by atoms with Gasteiger partial charge in [-0.25, -0.2) is 0 Å². The van der Waals surface area contributed by atoms with Gasteiger partial charge in [-0.1, -0.05) is 54.6 Å². The van der Waals surface area contributed by atoms with Crippen molar-refractivity contribution in [3.8, 4) is 22.3 Å². The van der Waals surface area contributed by atoms with Crippen LogP contribution in [0.2, 0.25) is 0 Å². The lowest BCUT2D eigenvalue weighted by Gasteiger charge is -2.15. The third-order valence-electron chi connectivity index (χ3n) is 6.94. The van der Waals surface area contributed by atoms with Crippen molar-refractivity contribution >= 4 is 10.8 Å². The fourth-order valence-corrected chi connectivity index (χ4v) is 5.53. The first-order valence-corrected chi connectivity index (χ1v) is 11.5. The quantitative estimate of drug-likeness (QED) is 0.270. The van der Waals surface area contributed by atoms with Gasteiger partial charge < -0.3 is 0 Å². The van der Waals surface area contributed by atoms with Crippen molar-refractivity contribution in [3.63, 3.8) is 0 Å². The highest BCUT2D eigenvalue weighted by molar-refractivity contribution is 6.16. The van der Waals surface area contributed by atoms with Crippen LogP contribution >= 0.6 is 0 Å². The van der Waals surface area contributed by atoms with Crippen LogP contribution in [0.5, 0.6) is 0 Å². The maximum atomic E-state index is 4.91. The SMILES string of the molecule is c1cc2nc(c1)CCCCc1ccc(c3c1-c1cccc4cccc-3c14)CCCC2. The number of fused-ring (bicyclic) bond motifs is 7. The van der Waals surface area contributed by atoms with E-state index in [0.29, 0.717) is 0 Å². The van der Waals surface area contributed by atoms with Crippen LogP contribution in [0.4, 0.5) is 0 Å². The van der Waals surface area contributed by atoms with E-state index in [1.54, 1.807) is 0 Å². The van der Waals surface area contributed by atoms with Gasteiger partial charge in [-0.3, -0.25) is 4.98 Å². The summed E-state index contributed by atoms with van der Waals surface area (Å²) in [7, 11) is 0. The van der Waals surface area contributed by atoms with Crippen LogP contribution in [0.15, 0.2) is 66.7 Å². The summed E-state index contributed by atoms with van der Waals surface area (Å²) < 4.78 is 0. The van der Waals surface area contributed by atoms with E-state index in [1.165, 1.54) is 81.2 Å². The van der Waals surface area contributed by atoms with Crippen molar-refractivity contribution in [3.05, 3.63) is 89.2 Å². The van der Waals surface area contributed by atoms with Gasteiger partial charge in [-0.15, -0.1) is 0 Å². The average Bonchev–Trinajstić information content (AvgIpc) is 3.12. The maximum Gasteiger partial charge on any atom is 0.0406 e. The first kappa shape index (κ1) is 17.9. The summed E-state index contributed by atoms with van der Waals surface area (Å²) in [5.74, 6) is 0. The second-order valence-corrected chi connectivity index (χ2v) is 8.88. The lowest BCUT2D eigenvalue weighted by atomic mass is 9.89. The standard InChI is InChI=1S/C29H27N/c1-3-12-23-14-7-15-24(30-23)13-4-2-9-22-19-18-21(8-1)28-25-16-5-10-20-11-6-17-26(27(20)25)29(22)28/h5-7,10-11,14-19H,1-4,8-9,12-13H2. The molecule has 0 N–H and O–H groups in total. The number of hydrogen-bond acceptors (Lipinski definition) is 1. The molecule has 0 spiro atoms. The summed E-state index contributed by atoms with van der Waals surface area (Å²) in [6.45, 7) is 0. The Bertz CT molecular complexity index is 1160. The molecule has 1 aliphatic carbocycles. The van der Waals surface area contributed by atoms with Gasteiger partial charge in [-0.05, 0) is 108 Å². The van der Waals surface area contributed by atoms with Crippen LogP contribution in [0, 0.1) is 0 Å². The number of hydrogen-bond donors (Lipinski definition) is 0. The van der Waals surface area contributed by atoms with Crippen molar-refractivity contribution in [1.29, 1.82) is 0 Å². The zero-order chi connectivity index (χ0) is 19.9. The van der Waals surface area contributed by atoms with E-state index in [-0.39, 0.29) is 0 Å². The Morgan fingerprint density at radius 2 is 1.00 bits per heavy atom. The highest BCUT2D eigenvalue weighted by Gasteiger charge is 2.25. The molecule has 3 aliphatic rings. The molecule has 0 saturated carbocycles. The lowest BCUT2D eigenvalue weighted by molar-refractivity contribution is 0.706. The predicted molar refractivity (Wildman–Crippen MR) is 126 cm³/mol. The van der Waals surface area contributed by atoms with Gasteiger partial charge in [0.2, 0.25) is 0 Å². The molecule has 0 amide bonds. The van der Waals surface area contributed by atoms with Crippen molar-refractivity contribution in [2.24, 2.45) is 0 Å². The van der Waals surface area contributed by atoms with Gasteiger partial charge in [0.25, 0.3) is 0 Å². The summed E-state index contributed by atoms with van der Waals surface area (Å²) in [5, 5.41) is 2.83. The van der Waals surface area contributed by atoms with Gasteiger partial charge in [0, 0.05) is 11.4 Å². The van der Waals surface area contributed by atoms with Crippen LogP contribution in [0.25, 0.3) is 33.0 Å². The molecule has 0 radical (unpaired) electrons. The van der Waals surface area contributed by atoms with E-state index in [2.05, 4.69) is 66.7 Å². The van der Waals surface area contributed by atoms with Crippen molar-refractivity contribution in [2.45, 2.75) is 51.4 Å². The van der Waals surface area contributed by atoms with E-state index in [0.717, 1.165) is 25.7 Å². The largest absolute Gasteiger partial charge is 0.258 e. The van der Waals surface area contributed by atoms with Crippen molar-refractivity contribution in [1.82, 2.24) is 4.98 Å². The van der Waals surface area contributed by atoms with E-state index in [4.69, 9.17) is 4.98 Å². The Morgan fingerprint density at radius 3 is 1.57 bits per heavy atom. The normalized spacial score (nSPS) is 15.6. The van der Waals surface area contributed by atoms with Crippen LogP contribution in [0.1, 0.15) is 48.2 Å². The zero-order valence-corrected chi connectivity index (χ0v) is 17.5. The fraction of sp³-hybridized carbons (Fsp3) is 0.276. The third-order valence-corrected chi connectivity index (χ3v) is 6.94. The van der Waals surface area contributed by atoms with Gasteiger partial charge in [0.05, 0.1) is 0 Å². The molecule has 1 aromatic heterocycles. The van der Waals surface area contributed by atoms with E-state index in [9.17, 15) is 0 Å². The first-order chi connectivity index (χ1) is 14.9. The van der Waals surface area contributed by atoms with E-state index in [1.807, 2.05) is 0 Å². The second kappa shape index (κ2) is 7.40. The predicted octanol–water partition coefficient (Wildman–Crippen LogP) is 7.33. The summed E-state index contributed by atoms with van der Waals surface area (Å²) in [6, 6.07) is 25.1. The minimum absolute atomic E-state index is 1.09. The van der Waals surface area contributed by atoms with Crippen molar-refractivity contribution in [2.75, 3.05) is 0 Å². The molecular weight excluding hydrogens is 362 g/mol. The Kier molecular flexibility index (Phi) is 4.41. The van der Waals surface area contributed by atoms with Crippen LogP contribution < -0.4 is 0 Å². The number of pyridine rings is 1. The molecule has 3 aromatic carbocycles. The van der Waals surface area contributed by atoms with Gasteiger partial charge in [0.15, 0.2) is 0 Å². The highest BCUT2D eigenvalue weighted by atomic mass is 14.7. The maximum absolute atomic E-state index is 4.91. The molecule has 4 bridgehead atoms. The number of rotatable bonds is 0. The summed E-state index contributed by atoms with van der Waals surface area (Å²) in [6.07, 6.45) is 9.29. The zero-order valence-electron chi connectivity index (χ0n) is 17.5. The number of nitrogens with zero attached hydrogens (tertiary/aromatic N) is 1. The minimum Gasteiger partial charge on any atom is -0.258 e. The monoisotopic (exact) mass is 389 g/mol. The van der Waals surface area contributed by atoms with Gasteiger partial charge >= 0.3 is 0 Å². The lowest BCUT2D eigenvalue weighted by Crippen LogP contribution is -1.97. The highest BCUT2D eigenvalue weighted by Crippen LogP contribution is 2.50. The third kappa shape index (κ3) is 2.96. The summed E-state index contributed by atoms with van der Waals surface area (Å²) >= 11 is 0. The Labute approximate surface area is 178 Å². The van der Waals surface area contributed by atoms with Crippen LogP contribution in [-0.4, -0.2) is 4.98 Å². The molecule has 0 atom stereocenters. The number of aryl methyl sites for hydroxylation is 4. The van der Waals surface area contributed by atoms with E-state index < -0.39 is 0 Å². The molecule has 4 aromatic rings. The molecule has 0 fully saturated rings. The van der Waals surface area contributed by atoms with E-state index >= 15 is 0 Å². The fourth-order valence-electron chi connectivity index (χ4n) is 5.53. The second-order valence-electron chi connectivity index (χ2n) is 8.88. The number of benzene rings is 3. The molecule has 1 nitrogen and oxygen atoms in total. The van der Waals surface area contributed by atoms with Gasteiger partial charge in [-0.2, -0.15) is 0 Å². The molecule has 30 heavy (non-hydrogen) atoms. The molecular formula is C29H27N. The molecule has 0 saturated heterocycles. The van der Waals surface area contributed by atoms with Gasteiger partial charge in [0.1, 0.15) is 0 Å². The molecule has 1 heteroatoms. The van der Waals surface area contributed by atoms with Crippen molar-refractivity contribution < 1.29 is 0 Å². The number of aromatic nitrogens is 1. The summed E-state index contributed by atoms with van der Waals surface area (Å²) in [5.41, 5.74) is 11.5. The molecule has 3 heterocycles. The molecule has 2 aliphatic heterocycles. The van der Waals surface area contributed by atoms with Crippen LogP contribution in [0.3, 0.4) is 0 Å². The smallest absolute Gasteiger partial charge is 0.0406 e. The van der Waals surface area contributed by atoms with Crippen LogP contribution in [-0.2, 0) is 25.7 Å². The molecule has 148 valence electrons. The Hall–Kier alpha value is -2.93. The average molecular weight is 390 g/mol. The molecule has 7 rings (SSSR count). The Morgan fingerprint density at radius 1 is 0.500 bits per heavy atom.